The van der Waals surface area contributed by atoms with Gasteiger partial charge < -0.3 is 0 Å². The summed E-state index contributed by atoms with van der Waals surface area (Å²) < 4.78 is 1.83. The molecular formula is C13H21ClN4. The Morgan fingerprint density at radius 1 is 1.67 bits per heavy atom. The van der Waals surface area contributed by atoms with Gasteiger partial charge in [-0.05, 0) is 33.7 Å². The van der Waals surface area contributed by atoms with Crippen LogP contribution in [0.15, 0.2) is 6.20 Å². The topological polar surface area (TPSA) is 53.6 Å². The fourth-order valence-electron chi connectivity index (χ4n) is 1.93. The smallest absolute Gasteiger partial charge is 0.105 e. The first-order chi connectivity index (χ1) is 8.41. The lowest BCUT2D eigenvalue weighted by Gasteiger charge is -2.26. The van der Waals surface area contributed by atoms with Gasteiger partial charge in [-0.3, -0.25) is 10.00 Å². The number of nitriles is 1. The van der Waals surface area contributed by atoms with Crippen LogP contribution in [0, 0.1) is 18.3 Å². The van der Waals surface area contributed by atoms with Crippen LogP contribution in [0.1, 0.15) is 45.3 Å². The highest BCUT2D eigenvalue weighted by atomic mass is 35.5. The molecule has 2 unspecified atom stereocenters. The zero-order valence-electron chi connectivity index (χ0n) is 11.5. The van der Waals surface area contributed by atoms with Gasteiger partial charge in [0.1, 0.15) is 5.54 Å². The Kier molecular flexibility index (Phi) is 5.18. The molecule has 2 atom stereocenters. The predicted molar refractivity (Wildman–Crippen MR) is 73.6 cm³/mol. The highest BCUT2D eigenvalue weighted by Gasteiger charge is 2.26. The summed E-state index contributed by atoms with van der Waals surface area (Å²) in [5, 5.41) is 17.6. The van der Waals surface area contributed by atoms with Crippen LogP contribution in [0.4, 0.5) is 0 Å². The van der Waals surface area contributed by atoms with Crippen molar-refractivity contribution in [3.8, 4) is 6.07 Å². The van der Waals surface area contributed by atoms with Crippen molar-refractivity contribution in [1.29, 1.82) is 5.26 Å². The fraction of sp³-hybridized carbons (Fsp3) is 0.692. The molecule has 18 heavy (non-hydrogen) atoms. The molecule has 0 aromatic carbocycles. The van der Waals surface area contributed by atoms with Crippen LogP contribution in [-0.4, -0.2) is 21.9 Å². The van der Waals surface area contributed by atoms with Crippen molar-refractivity contribution in [2.24, 2.45) is 0 Å². The minimum absolute atomic E-state index is 0.130. The van der Waals surface area contributed by atoms with Gasteiger partial charge in [-0.15, -0.1) is 0 Å². The summed E-state index contributed by atoms with van der Waals surface area (Å²) in [7, 11) is 0. The summed E-state index contributed by atoms with van der Waals surface area (Å²) in [4.78, 5) is 0. The lowest BCUT2D eigenvalue weighted by Crippen LogP contribution is -2.43. The van der Waals surface area contributed by atoms with Crippen LogP contribution in [0.5, 0.6) is 0 Å². The number of nitrogens with one attached hydrogen (secondary N) is 1. The second-order valence-corrected chi connectivity index (χ2v) is 5.37. The molecule has 0 bridgehead atoms. The molecule has 1 aromatic rings. The standard InChI is InChI=1S/C13H21ClN4/c1-5-6-16-13(4,9-15)7-10(2)18-8-12(14)11(3)17-18/h8,10,16H,5-7H2,1-4H3. The van der Waals surface area contributed by atoms with Crippen molar-refractivity contribution in [2.45, 2.75) is 52.1 Å². The van der Waals surface area contributed by atoms with Gasteiger partial charge in [0.25, 0.3) is 0 Å². The number of nitrogens with zero attached hydrogens (tertiary/aromatic N) is 3. The molecule has 1 rings (SSSR count). The minimum atomic E-state index is -0.526. The van der Waals surface area contributed by atoms with Gasteiger partial charge >= 0.3 is 0 Å². The molecule has 0 saturated carbocycles. The maximum atomic E-state index is 9.30. The van der Waals surface area contributed by atoms with Crippen LogP contribution in [0.3, 0.4) is 0 Å². The Labute approximate surface area is 114 Å². The fourth-order valence-corrected chi connectivity index (χ4v) is 2.07. The molecule has 4 nitrogen and oxygen atoms in total. The summed E-state index contributed by atoms with van der Waals surface area (Å²) in [6, 6.07) is 2.48. The maximum absolute atomic E-state index is 9.30. The normalized spacial score (nSPS) is 16.0. The van der Waals surface area contributed by atoms with Crippen LogP contribution in [-0.2, 0) is 0 Å². The zero-order chi connectivity index (χ0) is 13.8. The number of aromatic nitrogens is 2. The van der Waals surface area contributed by atoms with Gasteiger partial charge in [0.2, 0.25) is 0 Å². The first kappa shape index (κ1) is 15.0. The third-order valence-electron chi connectivity index (χ3n) is 3.02. The molecule has 1 heterocycles. The molecule has 0 aliphatic rings. The lowest BCUT2D eigenvalue weighted by molar-refractivity contribution is 0.332. The van der Waals surface area contributed by atoms with Gasteiger partial charge in [-0.25, -0.2) is 0 Å². The molecule has 0 aliphatic heterocycles. The molecule has 1 aromatic heterocycles. The maximum Gasteiger partial charge on any atom is 0.105 e. The molecule has 0 aliphatic carbocycles. The van der Waals surface area contributed by atoms with E-state index in [1.165, 1.54) is 0 Å². The van der Waals surface area contributed by atoms with E-state index in [4.69, 9.17) is 11.6 Å². The van der Waals surface area contributed by atoms with E-state index < -0.39 is 5.54 Å². The second kappa shape index (κ2) is 6.21. The Hall–Kier alpha value is -1.05. The van der Waals surface area contributed by atoms with E-state index in [0.717, 1.165) is 18.7 Å². The third kappa shape index (κ3) is 3.72. The van der Waals surface area contributed by atoms with Crippen molar-refractivity contribution in [1.82, 2.24) is 15.1 Å². The van der Waals surface area contributed by atoms with Crippen molar-refractivity contribution in [3.63, 3.8) is 0 Å². The van der Waals surface area contributed by atoms with Crippen LogP contribution < -0.4 is 5.32 Å². The van der Waals surface area contributed by atoms with Crippen LogP contribution in [0.25, 0.3) is 0 Å². The van der Waals surface area contributed by atoms with E-state index in [2.05, 4.69) is 23.4 Å². The molecule has 0 amide bonds. The summed E-state index contributed by atoms with van der Waals surface area (Å²) in [6.07, 6.45) is 3.53. The number of hydrogen-bond donors (Lipinski definition) is 1. The van der Waals surface area contributed by atoms with E-state index in [0.29, 0.717) is 11.4 Å². The SMILES string of the molecule is CCCNC(C)(C#N)CC(C)n1cc(Cl)c(C)n1. The number of hydrogen-bond acceptors (Lipinski definition) is 3. The first-order valence-corrected chi connectivity index (χ1v) is 6.67. The number of aryl methyl sites for hydroxylation is 1. The largest absolute Gasteiger partial charge is 0.300 e. The van der Waals surface area contributed by atoms with Crippen LogP contribution in [0.2, 0.25) is 5.02 Å². The molecule has 0 spiro atoms. The lowest BCUT2D eigenvalue weighted by atomic mass is 9.95. The molecule has 100 valence electrons. The zero-order valence-corrected chi connectivity index (χ0v) is 12.3. The van der Waals surface area contributed by atoms with Crippen molar-refractivity contribution in [2.75, 3.05) is 6.54 Å². The van der Waals surface area contributed by atoms with E-state index in [1.54, 1.807) is 0 Å². The molecule has 0 saturated heterocycles. The summed E-state index contributed by atoms with van der Waals surface area (Å²) in [5.41, 5.74) is 0.297. The first-order valence-electron chi connectivity index (χ1n) is 6.29. The van der Waals surface area contributed by atoms with E-state index >= 15 is 0 Å². The Balaban J connectivity index is 2.73. The average molecular weight is 269 g/mol. The monoisotopic (exact) mass is 268 g/mol. The van der Waals surface area contributed by atoms with Crippen molar-refractivity contribution < 1.29 is 0 Å². The molecule has 5 heteroatoms. The Bertz CT molecular complexity index is 415. The van der Waals surface area contributed by atoms with Crippen LogP contribution >= 0.6 is 11.6 Å². The molecule has 0 radical (unpaired) electrons. The van der Waals surface area contributed by atoms with Gasteiger partial charge in [-0.1, -0.05) is 18.5 Å². The van der Waals surface area contributed by atoms with Gasteiger partial charge in [0.15, 0.2) is 0 Å². The number of halogens is 1. The highest BCUT2D eigenvalue weighted by Crippen LogP contribution is 2.22. The highest BCUT2D eigenvalue weighted by molar-refractivity contribution is 6.31. The van der Waals surface area contributed by atoms with Crippen molar-refractivity contribution >= 4 is 11.6 Å². The summed E-state index contributed by atoms with van der Waals surface area (Å²) in [5.74, 6) is 0. The third-order valence-corrected chi connectivity index (χ3v) is 3.39. The second-order valence-electron chi connectivity index (χ2n) is 4.97. The van der Waals surface area contributed by atoms with E-state index in [9.17, 15) is 5.26 Å². The van der Waals surface area contributed by atoms with Crippen molar-refractivity contribution in [3.05, 3.63) is 16.9 Å². The van der Waals surface area contributed by atoms with Gasteiger partial charge in [-0.2, -0.15) is 10.4 Å². The molecule has 1 N–H and O–H groups in total. The molecule has 0 fully saturated rings. The Morgan fingerprint density at radius 3 is 2.78 bits per heavy atom. The Morgan fingerprint density at radius 2 is 2.33 bits per heavy atom. The van der Waals surface area contributed by atoms with Gasteiger partial charge in [0, 0.05) is 12.6 Å². The minimum Gasteiger partial charge on any atom is -0.300 e. The predicted octanol–water partition coefficient (Wildman–Crippen LogP) is 3.08. The van der Waals surface area contributed by atoms with E-state index in [-0.39, 0.29) is 6.04 Å². The van der Waals surface area contributed by atoms with Gasteiger partial charge in [0.05, 0.1) is 22.8 Å². The summed E-state index contributed by atoms with van der Waals surface area (Å²) in [6.45, 7) is 8.79. The number of rotatable bonds is 6. The average Bonchev–Trinajstić information content (AvgIpc) is 2.67. The van der Waals surface area contributed by atoms with E-state index in [1.807, 2.05) is 31.6 Å². The molecular weight excluding hydrogens is 248 g/mol. The quantitative estimate of drug-likeness (QED) is 0.863. The summed E-state index contributed by atoms with van der Waals surface area (Å²) >= 11 is 6.00.